The summed E-state index contributed by atoms with van der Waals surface area (Å²) in [6, 6.07) is 6.95. The van der Waals surface area contributed by atoms with Crippen LogP contribution in [0.15, 0.2) is 33.6 Å². The van der Waals surface area contributed by atoms with Crippen LogP contribution in [-0.2, 0) is 24.3 Å². The zero-order valence-corrected chi connectivity index (χ0v) is 18.6. The van der Waals surface area contributed by atoms with Crippen LogP contribution in [0.5, 0.6) is 0 Å². The second kappa shape index (κ2) is 8.98. The molecule has 1 aliphatic carbocycles. The third-order valence-electron chi connectivity index (χ3n) is 6.54. The Kier molecular flexibility index (Phi) is 6.31. The maximum Gasteiger partial charge on any atom is 0.309 e. The molecule has 4 rings (SSSR count). The smallest absolute Gasteiger partial charge is 0.309 e. The second-order valence-corrected chi connectivity index (χ2v) is 10.3. The third kappa shape index (κ3) is 4.76. The molecule has 1 N–H and O–H groups in total. The number of hydrogen-bond donors (Lipinski definition) is 1. The molecule has 1 saturated carbocycles. The number of carbonyl (C=O) groups excluding carboxylic acids is 2. The van der Waals surface area contributed by atoms with E-state index in [2.05, 4.69) is 16.6 Å². The number of nitrogens with zero attached hydrogens (tertiary/aromatic N) is 2. The molecule has 3 aliphatic rings. The predicted octanol–water partition coefficient (Wildman–Crippen LogP) is 2.09. The molecule has 0 bridgehead atoms. The molecule has 0 spiro atoms. The zero-order valence-electron chi connectivity index (χ0n) is 17.7. The number of carbonyl (C=O) groups is 2. The van der Waals surface area contributed by atoms with Crippen LogP contribution >= 0.6 is 0 Å². The van der Waals surface area contributed by atoms with Crippen molar-refractivity contribution in [2.75, 3.05) is 19.7 Å². The molecule has 9 heteroatoms. The van der Waals surface area contributed by atoms with Gasteiger partial charge in [-0.2, -0.15) is 8.42 Å². The topological polar surface area (TPSA) is 105 Å². The van der Waals surface area contributed by atoms with E-state index in [1.165, 1.54) is 6.42 Å². The quantitative estimate of drug-likeness (QED) is 0.709. The zero-order chi connectivity index (χ0) is 22.0. The Balaban J connectivity index is 1.26. The molecule has 0 aromatic heterocycles. The van der Waals surface area contributed by atoms with Gasteiger partial charge in [-0.3, -0.25) is 9.59 Å². The van der Waals surface area contributed by atoms with Crippen molar-refractivity contribution >= 4 is 27.7 Å². The lowest BCUT2D eigenvalue weighted by atomic mass is 9.86. The lowest BCUT2D eigenvalue weighted by Gasteiger charge is -2.32. The van der Waals surface area contributed by atoms with Crippen molar-refractivity contribution in [1.82, 2.24) is 10.2 Å². The van der Waals surface area contributed by atoms with Gasteiger partial charge in [0.05, 0.1) is 5.92 Å². The summed E-state index contributed by atoms with van der Waals surface area (Å²) in [5.74, 6) is -0.0142. The number of esters is 1. The average molecular weight is 448 g/mol. The van der Waals surface area contributed by atoms with Crippen molar-refractivity contribution in [2.45, 2.75) is 56.4 Å². The van der Waals surface area contributed by atoms with E-state index in [0.29, 0.717) is 43.2 Å². The molecule has 1 saturated heterocycles. The minimum Gasteiger partial charge on any atom is -0.455 e. The second-order valence-electron chi connectivity index (χ2n) is 8.69. The SMILES string of the molecule is CC1CCCCC1NC(=O)COC(=O)C1CCN(C2=NS(=O)(=O)c3ccccc32)CC1. The molecule has 1 aromatic rings. The first-order chi connectivity index (χ1) is 14.8. The lowest BCUT2D eigenvalue weighted by Crippen LogP contribution is -2.44. The fourth-order valence-corrected chi connectivity index (χ4v) is 5.90. The number of benzene rings is 1. The molecule has 168 valence electrons. The Hall–Kier alpha value is -2.42. The van der Waals surface area contributed by atoms with E-state index in [-0.39, 0.29) is 35.3 Å². The Morgan fingerprint density at radius 3 is 2.58 bits per heavy atom. The van der Waals surface area contributed by atoms with Gasteiger partial charge in [0.25, 0.3) is 15.9 Å². The number of rotatable bonds is 4. The maximum absolute atomic E-state index is 12.4. The van der Waals surface area contributed by atoms with E-state index >= 15 is 0 Å². The molecule has 2 unspecified atom stereocenters. The summed E-state index contributed by atoms with van der Waals surface area (Å²) in [6.45, 7) is 2.91. The first-order valence-corrected chi connectivity index (χ1v) is 12.4. The number of amidine groups is 1. The van der Waals surface area contributed by atoms with Crippen LogP contribution < -0.4 is 5.32 Å². The van der Waals surface area contributed by atoms with Crippen LogP contribution in [0.3, 0.4) is 0 Å². The summed E-state index contributed by atoms with van der Waals surface area (Å²) in [4.78, 5) is 26.8. The number of sulfonamides is 1. The fourth-order valence-electron chi connectivity index (χ4n) is 4.68. The van der Waals surface area contributed by atoms with Crippen LogP contribution in [0.2, 0.25) is 0 Å². The van der Waals surface area contributed by atoms with Gasteiger partial charge in [-0.15, -0.1) is 4.40 Å². The van der Waals surface area contributed by atoms with E-state index in [4.69, 9.17) is 4.74 Å². The Morgan fingerprint density at radius 2 is 1.84 bits per heavy atom. The normalized spacial score (nSPS) is 25.5. The minimum atomic E-state index is -3.66. The minimum absolute atomic E-state index is 0.162. The van der Waals surface area contributed by atoms with Crippen LogP contribution in [0.4, 0.5) is 0 Å². The Labute approximate surface area is 183 Å². The number of likely N-dealkylation sites (tertiary alicyclic amines) is 1. The van der Waals surface area contributed by atoms with E-state index in [1.54, 1.807) is 24.3 Å². The molecular formula is C22H29N3O5S. The molecule has 2 fully saturated rings. The van der Waals surface area contributed by atoms with E-state index in [1.807, 2.05) is 4.90 Å². The summed E-state index contributed by atoms with van der Waals surface area (Å²) in [7, 11) is -3.66. The van der Waals surface area contributed by atoms with Gasteiger partial charge >= 0.3 is 5.97 Å². The van der Waals surface area contributed by atoms with Crippen LogP contribution in [0.1, 0.15) is 51.0 Å². The molecule has 1 amide bonds. The Morgan fingerprint density at radius 1 is 1.13 bits per heavy atom. The van der Waals surface area contributed by atoms with E-state index < -0.39 is 10.0 Å². The molecule has 2 atom stereocenters. The summed E-state index contributed by atoms with van der Waals surface area (Å²) >= 11 is 0. The van der Waals surface area contributed by atoms with Crippen LogP contribution in [-0.4, -0.2) is 56.8 Å². The number of ether oxygens (including phenoxy) is 1. The molecule has 1 aromatic carbocycles. The number of nitrogens with one attached hydrogen (secondary N) is 1. The fraction of sp³-hybridized carbons (Fsp3) is 0.591. The number of piperidine rings is 1. The predicted molar refractivity (Wildman–Crippen MR) is 115 cm³/mol. The summed E-state index contributed by atoms with van der Waals surface area (Å²) in [5.41, 5.74) is 0.608. The largest absolute Gasteiger partial charge is 0.455 e. The van der Waals surface area contributed by atoms with Gasteiger partial charge in [0.2, 0.25) is 0 Å². The monoisotopic (exact) mass is 447 g/mol. The average Bonchev–Trinajstić information content (AvgIpc) is 3.05. The van der Waals surface area contributed by atoms with Gasteiger partial charge in [-0.1, -0.05) is 31.9 Å². The molecule has 8 nitrogen and oxygen atoms in total. The molecule has 0 radical (unpaired) electrons. The van der Waals surface area contributed by atoms with Gasteiger partial charge in [-0.05, 0) is 43.7 Å². The number of fused-ring (bicyclic) bond motifs is 1. The van der Waals surface area contributed by atoms with Gasteiger partial charge in [0.1, 0.15) is 4.90 Å². The van der Waals surface area contributed by atoms with Crippen LogP contribution in [0, 0.1) is 11.8 Å². The van der Waals surface area contributed by atoms with Gasteiger partial charge in [0.15, 0.2) is 12.4 Å². The number of amides is 1. The summed E-state index contributed by atoms with van der Waals surface area (Å²) in [5, 5.41) is 2.99. The molecule has 2 heterocycles. The molecule has 31 heavy (non-hydrogen) atoms. The first-order valence-electron chi connectivity index (χ1n) is 11.0. The molecular weight excluding hydrogens is 418 g/mol. The van der Waals surface area contributed by atoms with Crippen molar-refractivity contribution in [2.24, 2.45) is 16.2 Å². The molecule has 2 aliphatic heterocycles. The van der Waals surface area contributed by atoms with Gasteiger partial charge < -0.3 is 15.0 Å². The standard InChI is InChI=1S/C22H29N3O5S/c1-15-6-2-4-8-18(15)23-20(26)14-30-22(27)16-10-12-25(13-11-16)21-17-7-3-5-9-19(17)31(28,29)24-21/h3,5,7,9,15-16,18H,2,4,6,8,10-14H2,1H3,(H,23,26). The van der Waals surface area contributed by atoms with Crippen molar-refractivity contribution in [3.8, 4) is 0 Å². The van der Waals surface area contributed by atoms with Crippen molar-refractivity contribution < 1.29 is 22.7 Å². The van der Waals surface area contributed by atoms with E-state index in [9.17, 15) is 18.0 Å². The summed E-state index contributed by atoms with van der Waals surface area (Å²) in [6.07, 6.45) is 5.46. The highest BCUT2D eigenvalue weighted by molar-refractivity contribution is 7.90. The maximum atomic E-state index is 12.4. The van der Waals surface area contributed by atoms with Crippen molar-refractivity contribution in [3.05, 3.63) is 29.8 Å². The lowest BCUT2D eigenvalue weighted by molar-refractivity contribution is -0.154. The van der Waals surface area contributed by atoms with E-state index in [0.717, 1.165) is 19.3 Å². The van der Waals surface area contributed by atoms with Gasteiger partial charge in [0, 0.05) is 24.7 Å². The first kappa shape index (κ1) is 21.8. The highest BCUT2D eigenvalue weighted by atomic mass is 32.2. The van der Waals surface area contributed by atoms with Crippen molar-refractivity contribution in [3.63, 3.8) is 0 Å². The highest BCUT2D eigenvalue weighted by Gasteiger charge is 2.35. The summed E-state index contributed by atoms with van der Waals surface area (Å²) < 4.78 is 33.8. The highest BCUT2D eigenvalue weighted by Crippen LogP contribution is 2.30. The van der Waals surface area contributed by atoms with Crippen molar-refractivity contribution in [1.29, 1.82) is 0 Å². The Bertz CT molecular complexity index is 983. The number of hydrogen-bond acceptors (Lipinski definition) is 6. The third-order valence-corrected chi connectivity index (χ3v) is 7.87. The van der Waals surface area contributed by atoms with Gasteiger partial charge in [-0.25, -0.2) is 0 Å². The van der Waals surface area contributed by atoms with Crippen LogP contribution in [0.25, 0.3) is 0 Å².